The molecule has 0 bridgehead atoms. The van der Waals surface area contributed by atoms with Crippen LogP contribution >= 0.6 is 15.9 Å². The Kier molecular flexibility index (Phi) is 4.63. The zero-order valence-electron chi connectivity index (χ0n) is 8.35. The normalized spacial score (nSPS) is 24.2. The van der Waals surface area contributed by atoms with E-state index >= 15 is 0 Å². The van der Waals surface area contributed by atoms with E-state index in [0.717, 1.165) is 16.7 Å². The van der Waals surface area contributed by atoms with Gasteiger partial charge < -0.3 is 0 Å². The van der Waals surface area contributed by atoms with Crippen LogP contribution in [0.1, 0.15) is 52.4 Å². The molecule has 0 aromatic rings. The molecule has 0 spiro atoms. The van der Waals surface area contributed by atoms with Crippen LogP contribution in [0.3, 0.4) is 0 Å². The van der Waals surface area contributed by atoms with Crippen molar-refractivity contribution in [1.29, 1.82) is 0 Å². The summed E-state index contributed by atoms with van der Waals surface area (Å²) in [6.45, 7) is 4.66. The summed E-state index contributed by atoms with van der Waals surface area (Å²) >= 11 is 3.75. The fourth-order valence-electron chi connectivity index (χ4n) is 2.32. The molecule has 0 heterocycles. The Hall–Kier alpha value is 0.480. The summed E-state index contributed by atoms with van der Waals surface area (Å²) in [5.74, 6) is 1.92. The van der Waals surface area contributed by atoms with Crippen LogP contribution in [0.5, 0.6) is 0 Å². The minimum atomic E-state index is 0.748. The van der Waals surface area contributed by atoms with Crippen LogP contribution in [-0.4, -0.2) is 4.83 Å². The quantitative estimate of drug-likeness (QED) is 0.632. The maximum atomic E-state index is 3.75. The van der Waals surface area contributed by atoms with Crippen molar-refractivity contribution < 1.29 is 0 Å². The maximum Gasteiger partial charge on any atom is 0.0168 e. The fraction of sp³-hybridized carbons (Fsp3) is 1.00. The summed E-state index contributed by atoms with van der Waals surface area (Å²) in [5.41, 5.74) is 0. The van der Waals surface area contributed by atoms with Gasteiger partial charge in [-0.3, -0.25) is 0 Å². The lowest BCUT2D eigenvalue weighted by atomic mass is 9.92. The topological polar surface area (TPSA) is 0 Å². The number of alkyl halides is 1. The van der Waals surface area contributed by atoms with E-state index in [2.05, 4.69) is 29.8 Å². The zero-order chi connectivity index (χ0) is 8.97. The van der Waals surface area contributed by atoms with Gasteiger partial charge in [0.05, 0.1) is 0 Å². The average molecular weight is 233 g/mol. The van der Waals surface area contributed by atoms with Crippen molar-refractivity contribution in [3.63, 3.8) is 0 Å². The smallest absolute Gasteiger partial charge is 0.0168 e. The van der Waals surface area contributed by atoms with E-state index in [1.807, 2.05) is 0 Å². The lowest BCUT2D eigenvalue weighted by Gasteiger charge is -2.20. The maximum absolute atomic E-state index is 3.75. The first-order valence-corrected chi connectivity index (χ1v) is 6.29. The van der Waals surface area contributed by atoms with Gasteiger partial charge in [-0.15, -0.1) is 0 Å². The number of rotatable bonds is 4. The minimum absolute atomic E-state index is 0.748. The largest absolute Gasteiger partial charge is 0.0888 e. The Morgan fingerprint density at radius 3 is 2.42 bits per heavy atom. The second-order valence-corrected chi connectivity index (χ2v) is 5.46. The van der Waals surface area contributed by atoms with Crippen LogP contribution in [0.4, 0.5) is 0 Å². The molecule has 1 heteroatoms. The summed E-state index contributed by atoms with van der Waals surface area (Å²) in [7, 11) is 0. The van der Waals surface area contributed by atoms with Gasteiger partial charge in [0.15, 0.2) is 0 Å². The Morgan fingerprint density at radius 2 is 1.92 bits per heavy atom. The van der Waals surface area contributed by atoms with Crippen molar-refractivity contribution in [3.8, 4) is 0 Å². The van der Waals surface area contributed by atoms with E-state index in [4.69, 9.17) is 0 Å². The first-order valence-electron chi connectivity index (χ1n) is 5.38. The third-order valence-electron chi connectivity index (χ3n) is 3.19. The molecule has 1 aliphatic carbocycles. The van der Waals surface area contributed by atoms with Gasteiger partial charge in [0.1, 0.15) is 0 Å². The highest BCUT2D eigenvalue weighted by Gasteiger charge is 2.20. The molecular formula is C11H21Br. The molecule has 0 aromatic carbocycles. The van der Waals surface area contributed by atoms with E-state index in [0.29, 0.717) is 0 Å². The van der Waals surface area contributed by atoms with E-state index in [9.17, 15) is 0 Å². The molecule has 0 amide bonds. The van der Waals surface area contributed by atoms with Crippen molar-refractivity contribution in [2.45, 2.75) is 57.2 Å². The van der Waals surface area contributed by atoms with Crippen molar-refractivity contribution in [2.75, 3.05) is 0 Å². The van der Waals surface area contributed by atoms with Gasteiger partial charge in [0.2, 0.25) is 0 Å². The van der Waals surface area contributed by atoms with Crippen LogP contribution < -0.4 is 0 Å². The second kappa shape index (κ2) is 5.26. The average Bonchev–Trinajstić information content (AvgIpc) is 2.55. The SMILES string of the molecule is CCC(Br)C(C)CC1CCCC1. The zero-order valence-corrected chi connectivity index (χ0v) is 9.94. The van der Waals surface area contributed by atoms with Gasteiger partial charge in [-0.05, 0) is 24.7 Å². The molecule has 0 N–H and O–H groups in total. The first kappa shape index (κ1) is 10.6. The van der Waals surface area contributed by atoms with Gasteiger partial charge in [0, 0.05) is 4.83 Å². The Balaban J connectivity index is 2.19. The van der Waals surface area contributed by atoms with E-state index in [1.54, 1.807) is 0 Å². The van der Waals surface area contributed by atoms with Gasteiger partial charge >= 0.3 is 0 Å². The van der Waals surface area contributed by atoms with Crippen LogP contribution in [0, 0.1) is 11.8 Å². The van der Waals surface area contributed by atoms with Crippen molar-refractivity contribution in [3.05, 3.63) is 0 Å². The Bertz CT molecular complexity index is 116. The molecule has 12 heavy (non-hydrogen) atoms. The second-order valence-electron chi connectivity index (χ2n) is 4.29. The van der Waals surface area contributed by atoms with Gasteiger partial charge in [-0.2, -0.15) is 0 Å². The highest BCUT2D eigenvalue weighted by molar-refractivity contribution is 9.09. The minimum Gasteiger partial charge on any atom is -0.0888 e. The fourth-order valence-corrected chi connectivity index (χ4v) is 2.54. The highest BCUT2D eigenvalue weighted by Crippen LogP contribution is 2.33. The van der Waals surface area contributed by atoms with Gasteiger partial charge in [-0.1, -0.05) is 55.5 Å². The molecule has 1 aliphatic rings. The lowest BCUT2D eigenvalue weighted by molar-refractivity contribution is 0.387. The molecule has 2 unspecified atom stereocenters. The molecule has 0 aromatic heterocycles. The number of hydrogen-bond acceptors (Lipinski definition) is 0. The molecule has 72 valence electrons. The summed E-state index contributed by atoms with van der Waals surface area (Å²) < 4.78 is 0. The first-order chi connectivity index (χ1) is 5.74. The summed E-state index contributed by atoms with van der Waals surface area (Å²) in [5, 5.41) is 0. The Morgan fingerprint density at radius 1 is 1.33 bits per heavy atom. The highest BCUT2D eigenvalue weighted by atomic mass is 79.9. The lowest BCUT2D eigenvalue weighted by Crippen LogP contribution is -2.13. The van der Waals surface area contributed by atoms with E-state index in [-0.39, 0.29) is 0 Å². The molecule has 0 aliphatic heterocycles. The predicted molar refractivity (Wildman–Crippen MR) is 58.7 cm³/mol. The third kappa shape index (κ3) is 3.08. The van der Waals surface area contributed by atoms with Crippen LogP contribution in [0.2, 0.25) is 0 Å². The van der Waals surface area contributed by atoms with Crippen LogP contribution in [0.25, 0.3) is 0 Å². The molecule has 1 fully saturated rings. The summed E-state index contributed by atoms with van der Waals surface area (Å²) in [4.78, 5) is 0.748. The standard InChI is InChI=1S/C11H21Br/c1-3-11(12)9(2)8-10-6-4-5-7-10/h9-11H,3-8H2,1-2H3. The number of hydrogen-bond donors (Lipinski definition) is 0. The van der Waals surface area contributed by atoms with Gasteiger partial charge in [0.25, 0.3) is 0 Å². The molecule has 0 radical (unpaired) electrons. The molecular weight excluding hydrogens is 212 g/mol. The predicted octanol–water partition coefficient (Wildman–Crippen LogP) is 4.38. The summed E-state index contributed by atoms with van der Waals surface area (Å²) in [6, 6.07) is 0. The van der Waals surface area contributed by atoms with Gasteiger partial charge in [-0.25, -0.2) is 0 Å². The molecule has 1 rings (SSSR count). The summed E-state index contributed by atoms with van der Waals surface area (Å²) in [6.07, 6.45) is 8.67. The van der Waals surface area contributed by atoms with E-state index < -0.39 is 0 Å². The van der Waals surface area contributed by atoms with Crippen LogP contribution in [0.15, 0.2) is 0 Å². The van der Waals surface area contributed by atoms with Crippen molar-refractivity contribution in [1.82, 2.24) is 0 Å². The Labute approximate surface area is 85.3 Å². The van der Waals surface area contributed by atoms with Crippen molar-refractivity contribution >= 4 is 15.9 Å². The molecule has 1 saturated carbocycles. The van der Waals surface area contributed by atoms with E-state index in [1.165, 1.54) is 38.5 Å². The number of halogens is 1. The molecule has 0 saturated heterocycles. The molecule has 0 nitrogen and oxygen atoms in total. The third-order valence-corrected chi connectivity index (χ3v) is 4.74. The van der Waals surface area contributed by atoms with Crippen LogP contribution in [-0.2, 0) is 0 Å². The monoisotopic (exact) mass is 232 g/mol. The van der Waals surface area contributed by atoms with Crippen molar-refractivity contribution in [2.24, 2.45) is 11.8 Å². The molecule has 2 atom stereocenters.